The number of ketones is 1. The molecule has 1 aliphatic rings. The van der Waals surface area contributed by atoms with Gasteiger partial charge in [-0.15, -0.1) is 13.2 Å². The first-order valence-corrected chi connectivity index (χ1v) is 8.77. The summed E-state index contributed by atoms with van der Waals surface area (Å²) in [6.07, 6.45) is -4.33. The topological polar surface area (TPSA) is 79.0 Å². The number of alkyl halides is 3. The molecular formula is C18H22F3N3O4. The Labute approximate surface area is 160 Å². The van der Waals surface area contributed by atoms with Crippen molar-refractivity contribution in [2.24, 2.45) is 0 Å². The van der Waals surface area contributed by atoms with E-state index in [4.69, 9.17) is 0 Å². The zero-order valence-corrected chi connectivity index (χ0v) is 15.4. The summed E-state index contributed by atoms with van der Waals surface area (Å²) in [7, 11) is 0. The van der Waals surface area contributed by atoms with Gasteiger partial charge in [0.15, 0.2) is 0 Å². The number of halogens is 3. The molecule has 154 valence electrons. The predicted molar refractivity (Wildman–Crippen MR) is 94.7 cm³/mol. The van der Waals surface area contributed by atoms with Crippen LogP contribution in [0.25, 0.3) is 0 Å². The molecule has 1 aromatic rings. The molecule has 2 amide bonds. The van der Waals surface area contributed by atoms with Gasteiger partial charge < -0.3 is 19.7 Å². The van der Waals surface area contributed by atoms with Gasteiger partial charge in [0.2, 0.25) is 11.8 Å². The van der Waals surface area contributed by atoms with Gasteiger partial charge in [-0.1, -0.05) is 0 Å². The van der Waals surface area contributed by atoms with Crippen molar-refractivity contribution < 1.29 is 32.3 Å². The summed E-state index contributed by atoms with van der Waals surface area (Å²) in [5.41, 5.74) is 0.359. The number of Topliss-reactive ketones (excluding diaryl/α,β-unsaturated/α-hetero) is 1. The van der Waals surface area contributed by atoms with Crippen molar-refractivity contribution in [3.05, 3.63) is 24.3 Å². The second-order valence-corrected chi connectivity index (χ2v) is 6.48. The molecule has 10 heteroatoms. The maximum Gasteiger partial charge on any atom is 0.573 e. The molecule has 1 N–H and O–H groups in total. The fourth-order valence-corrected chi connectivity index (χ4v) is 2.74. The van der Waals surface area contributed by atoms with Gasteiger partial charge >= 0.3 is 6.36 Å². The summed E-state index contributed by atoms with van der Waals surface area (Å²) in [6, 6.07) is 4.89. The number of nitrogens with zero attached hydrogens (tertiary/aromatic N) is 2. The highest BCUT2D eigenvalue weighted by Crippen LogP contribution is 2.23. The number of nitrogens with one attached hydrogen (secondary N) is 1. The molecule has 1 fully saturated rings. The Morgan fingerprint density at radius 2 is 1.64 bits per heavy atom. The Balaban J connectivity index is 1.74. The average molecular weight is 401 g/mol. The number of hydrogen-bond donors (Lipinski definition) is 1. The second kappa shape index (κ2) is 9.54. The smallest absolute Gasteiger partial charge is 0.406 e. The maximum atomic E-state index is 12.1. The van der Waals surface area contributed by atoms with E-state index in [-0.39, 0.29) is 42.7 Å². The van der Waals surface area contributed by atoms with E-state index >= 15 is 0 Å². The van der Waals surface area contributed by atoms with E-state index in [1.807, 2.05) is 4.90 Å². The SMILES string of the molecule is CC(=O)CCC(=O)N1CCN(CC(=O)Nc2ccc(OC(F)(F)F)cc2)CC1. The summed E-state index contributed by atoms with van der Waals surface area (Å²) < 4.78 is 40.2. The Morgan fingerprint density at radius 1 is 1.04 bits per heavy atom. The van der Waals surface area contributed by atoms with Crippen molar-refractivity contribution in [2.45, 2.75) is 26.1 Å². The van der Waals surface area contributed by atoms with Gasteiger partial charge in [0.05, 0.1) is 6.54 Å². The van der Waals surface area contributed by atoms with E-state index in [1.54, 1.807) is 4.90 Å². The number of amides is 2. The van der Waals surface area contributed by atoms with Crippen LogP contribution in [0.1, 0.15) is 19.8 Å². The van der Waals surface area contributed by atoms with Gasteiger partial charge in [-0.2, -0.15) is 0 Å². The molecule has 28 heavy (non-hydrogen) atoms. The van der Waals surface area contributed by atoms with Crippen LogP contribution in [0, 0.1) is 0 Å². The predicted octanol–water partition coefficient (Wildman–Crippen LogP) is 2.04. The van der Waals surface area contributed by atoms with Crippen LogP contribution in [0.15, 0.2) is 24.3 Å². The highest BCUT2D eigenvalue weighted by Gasteiger charge is 2.31. The molecule has 0 saturated carbocycles. The van der Waals surface area contributed by atoms with Crippen LogP contribution in [0.4, 0.5) is 18.9 Å². The van der Waals surface area contributed by atoms with Gasteiger partial charge in [-0.3, -0.25) is 14.5 Å². The minimum atomic E-state index is -4.76. The van der Waals surface area contributed by atoms with E-state index in [0.717, 1.165) is 12.1 Å². The summed E-state index contributed by atoms with van der Waals surface area (Å²) in [5, 5.41) is 2.61. The van der Waals surface area contributed by atoms with Crippen LogP contribution >= 0.6 is 0 Å². The van der Waals surface area contributed by atoms with E-state index in [1.165, 1.54) is 19.1 Å². The lowest BCUT2D eigenvalue weighted by molar-refractivity contribution is -0.274. The Hall–Kier alpha value is -2.62. The van der Waals surface area contributed by atoms with Gasteiger partial charge in [0.25, 0.3) is 0 Å². The summed E-state index contributed by atoms with van der Waals surface area (Å²) in [5.74, 6) is -0.765. The van der Waals surface area contributed by atoms with Crippen LogP contribution in [-0.2, 0) is 14.4 Å². The molecule has 0 bridgehead atoms. The third kappa shape index (κ3) is 7.55. The molecule has 0 aromatic heterocycles. The number of hydrogen-bond acceptors (Lipinski definition) is 5. The molecule has 1 heterocycles. The molecule has 1 aliphatic heterocycles. The van der Waals surface area contributed by atoms with Crippen molar-refractivity contribution in [1.29, 1.82) is 0 Å². The normalized spacial score (nSPS) is 15.2. The third-order valence-corrected chi connectivity index (χ3v) is 4.15. The Kier molecular flexibility index (Phi) is 7.38. The summed E-state index contributed by atoms with van der Waals surface area (Å²) in [4.78, 5) is 38.6. The number of ether oxygens (including phenoxy) is 1. The molecular weight excluding hydrogens is 379 g/mol. The van der Waals surface area contributed by atoms with Crippen LogP contribution < -0.4 is 10.1 Å². The first kappa shape index (κ1) is 21.7. The molecule has 0 radical (unpaired) electrons. The van der Waals surface area contributed by atoms with E-state index < -0.39 is 6.36 Å². The molecule has 7 nitrogen and oxygen atoms in total. The number of carbonyl (C=O) groups is 3. The van der Waals surface area contributed by atoms with Crippen molar-refractivity contribution >= 4 is 23.3 Å². The average Bonchev–Trinajstić information content (AvgIpc) is 2.60. The van der Waals surface area contributed by atoms with Crippen molar-refractivity contribution in [1.82, 2.24) is 9.80 Å². The first-order valence-electron chi connectivity index (χ1n) is 8.77. The number of piperazine rings is 1. The lowest BCUT2D eigenvalue weighted by atomic mass is 10.2. The Morgan fingerprint density at radius 3 is 2.18 bits per heavy atom. The molecule has 1 aromatic carbocycles. The Bertz CT molecular complexity index is 699. The highest BCUT2D eigenvalue weighted by molar-refractivity contribution is 5.92. The van der Waals surface area contributed by atoms with Crippen molar-refractivity contribution in [2.75, 3.05) is 38.0 Å². The van der Waals surface area contributed by atoms with Gasteiger partial charge in [0, 0.05) is 44.7 Å². The van der Waals surface area contributed by atoms with Gasteiger partial charge in [-0.25, -0.2) is 0 Å². The summed E-state index contributed by atoms with van der Waals surface area (Å²) in [6.45, 7) is 3.56. The molecule has 2 rings (SSSR count). The van der Waals surface area contributed by atoms with Crippen molar-refractivity contribution in [3.8, 4) is 5.75 Å². The second-order valence-electron chi connectivity index (χ2n) is 6.48. The monoisotopic (exact) mass is 401 g/mol. The van der Waals surface area contributed by atoms with Gasteiger partial charge in [0.1, 0.15) is 11.5 Å². The minimum absolute atomic E-state index is 0.0262. The lowest BCUT2D eigenvalue weighted by Crippen LogP contribution is -2.50. The van der Waals surface area contributed by atoms with Crippen LogP contribution in [0.3, 0.4) is 0 Å². The molecule has 0 spiro atoms. The molecule has 0 aliphatic carbocycles. The third-order valence-electron chi connectivity index (χ3n) is 4.15. The van der Waals surface area contributed by atoms with Crippen LogP contribution in [0.5, 0.6) is 5.75 Å². The first-order chi connectivity index (χ1) is 13.1. The standard InChI is InChI=1S/C18H22F3N3O4/c1-13(25)2-7-17(27)24-10-8-23(9-11-24)12-16(26)22-14-3-5-15(6-4-14)28-18(19,20)21/h3-6H,2,7-12H2,1H3,(H,22,26). The molecule has 0 unspecified atom stereocenters. The summed E-state index contributed by atoms with van der Waals surface area (Å²) >= 11 is 0. The largest absolute Gasteiger partial charge is 0.573 e. The van der Waals surface area contributed by atoms with Crippen LogP contribution in [-0.4, -0.2) is 66.5 Å². The van der Waals surface area contributed by atoms with Crippen molar-refractivity contribution in [3.63, 3.8) is 0 Å². The molecule has 1 saturated heterocycles. The number of anilines is 1. The molecule has 0 atom stereocenters. The zero-order valence-electron chi connectivity index (χ0n) is 15.4. The lowest BCUT2D eigenvalue weighted by Gasteiger charge is -2.34. The number of benzene rings is 1. The number of rotatable bonds is 7. The minimum Gasteiger partial charge on any atom is -0.406 e. The number of carbonyl (C=O) groups excluding carboxylic acids is 3. The van der Waals surface area contributed by atoms with E-state index in [0.29, 0.717) is 31.9 Å². The fourth-order valence-electron chi connectivity index (χ4n) is 2.74. The van der Waals surface area contributed by atoms with Crippen LogP contribution in [0.2, 0.25) is 0 Å². The highest BCUT2D eigenvalue weighted by atomic mass is 19.4. The fraction of sp³-hybridized carbons (Fsp3) is 0.500. The van der Waals surface area contributed by atoms with E-state index in [9.17, 15) is 27.6 Å². The zero-order chi connectivity index (χ0) is 20.7. The maximum absolute atomic E-state index is 12.1. The quantitative estimate of drug-likeness (QED) is 0.757. The van der Waals surface area contributed by atoms with E-state index in [2.05, 4.69) is 10.1 Å². The van der Waals surface area contributed by atoms with Gasteiger partial charge in [-0.05, 0) is 31.2 Å².